The molecule has 0 aliphatic carbocycles. The molecule has 3 heterocycles. The van der Waals surface area contributed by atoms with Crippen LogP contribution in [0.15, 0.2) is 76.5 Å². The maximum Gasteiger partial charge on any atom is 0.247 e. The summed E-state index contributed by atoms with van der Waals surface area (Å²) in [5.74, 6) is 0.473. The zero-order valence-corrected chi connectivity index (χ0v) is 17.8. The molecule has 0 spiro atoms. The Bertz CT molecular complexity index is 1310. The minimum absolute atomic E-state index is 0.231. The number of hydrogen-bond donors (Lipinski definition) is 0. The number of rotatable bonds is 4. The van der Waals surface area contributed by atoms with Gasteiger partial charge >= 0.3 is 0 Å². The van der Waals surface area contributed by atoms with Crippen molar-refractivity contribution in [2.24, 2.45) is 5.10 Å². The summed E-state index contributed by atoms with van der Waals surface area (Å²) in [7, 11) is 0. The van der Waals surface area contributed by atoms with Crippen LogP contribution in [-0.2, 0) is 15.3 Å². The van der Waals surface area contributed by atoms with Gasteiger partial charge in [-0.15, -0.1) is 10.2 Å². The number of amides is 1. The molecule has 2 aromatic carbocycles. The molecule has 0 saturated carbocycles. The molecule has 32 heavy (non-hydrogen) atoms. The third-order valence-electron chi connectivity index (χ3n) is 5.30. The van der Waals surface area contributed by atoms with Gasteiger partial charge in [-0.3, -0.25) is 4.79 Å². The van der Waals surface area contributed by atoms with Crippen LogP contribution < -0.4 is 0 Å². The summed E-state index contributed by atoms with van der Waals surface area (Å²) in [5.41, 5.74) is 1.95. The van der Waals surface area contributed by atoms with E-state index in [1.54, 1.807) is 20.0 Å². The fraction of sp³-hybridized carbons (Fsp3) is 0.174. The van der Waals surface area contributed by atoms with E-state index in [1.165, 1.54) is 16.7 Å². The van der Waals surface area contributed by atoms with Gasteiger partial charge in [0.15, 0.2) is 0 Å². The summed E-state index contributed by atoms with van der Waals surface area (Å²) in [6, 6.07) is 19.0. The van der Waals surface area contributed by atoms with E-state index >= 15 is 0 Å². The maximum absolute atomic E-state index is 12.4. The predicted octanol–water partition coefficient (Wildman–Crippen LogP) is 3.64. The van der Waals surface area contributed by atoms with Gasteiger partial charge in [-0.25, -0.2) is 0 Å². The van der Waals surface area contributed by atoms with Gasteiger partial charge in [-0.1, -0.05) is 53.7 Å². The molecule has 1 unspecified atom stereocenters. The van der Waals surface area contributed by atoms with Crippen molar-refractivity contribution in [3.05, 3.63) is 83.7 Å². The first-order valence-electron chi connectivity index (χ1n) is 10.1. The third-order valence-corrected chi connectivity index (χ3v) is 5.30. The molecule has 2 aromatic heterocycles. The van der Waals surface area contributed by atoms with Crippen LogP contribution in [0.5, 0.6) is 0 Å². The summed E-state index contributed by atoms with van der Waals surface area (Å²) in [4.78, 5) is 13.9. The highest BCUT2D eigenvalue weighted by Gasteiger charge is 2.46. The number of carbonyl (C=O) groups is 1. The van der Waals surface area contributed by atoms with Gasteiger partial charge in [-0.05, 0) is 19.1 Å². The number of hydrazone groups is 1. The molecule has 1 aliphatic rings. The van der Waals surface area contributed by atoms with Crippen molar-refractivity contribution >= 4 is 11.8 Å². The lowest BCUT2D eigenvalue weighted by Crippen LogP contribution is -2.41. The lowest BCUT2D eigenvalue weighted by Gasteiger charge is -2.30. The van der Waals surface area contributed by atoms with Gasteiger partial charge in [-0.2, -0.15) is 14.9 Å². The zero-order chi connectivity index (χ0) is 22.3. The molecule has 4 aromatic rings. The van der Waals surface area contributed by atoms with Crippen molar-refractivity contribution in [3.8, 4) is 17.1 Å². The zero-order valence-electron chi connectivity index (χ0n) is 17.8. The van der Waals surface area contributed by atoms with E-state index in [9.17, 15) is 4.79 Å². The van der Waals surface area contributed by atoms with E-state index < -0.39 is 5.72 Å². The smallest absolute Gasteiger partial charge is 0.247 e. The predicted molar refractivity (Wildman–Crippen MR) is 116 cm³/mol. The largest absolute Gasteiger partial charge is 0.443 e. The van der Waals surface area contributed by atoms with Crippen molar-refractivity contribution in [1.29, 1.82) is 0 Å². The Labute approximate surface area is 183 Å². The molecule has 0 saturated heterocycles. The summed E-state index contributed by atoms with van der Waals surface area (Å²) >= 11 is 0. The normalized spacial score (nSPS) is 17.8. The number of aryl methyl sites for hydroxylation is 1. The molecule has 1 amide bonds. The molecule has 1 aliphatic heterocycles. The Morgan fingerprint density at radius 3 is 2.41 bits per heavy atom. The van der Waals surface area contributed by atoms with Crippen molar-refractivity contribution in [2.75, 3.05) is 0 Å². The SMILES string of the molecule is CC(=O)N1N=C(c2c(-c3cnn(-c4ccccc4)n3)noc2C)OC1(C)c1ccccc1. The van der Waals surface area contributed by atoms with Crippen LogP contribution in [0.3, 0.4) is 0 Å². The fourth-order valence-electron chi connectivity index (χ4n) is 3.69. The van der Waals surface area contributed by atoms with Crippen molar-refractivity contribution < 1.29 is 14.1 Å². The number of benzene rings is 2. The number of hydrogen-bond acceptors (Lipinski definition) is 7. The van der Waals surface area contributed by atoms with Gasteiger partial charge in [0.25, 0.3) is 0 Å². The van der Waals surface area contributed by atoms with E-state index in [2.05, 4.69) is 20.5 Å². The Morgan fingerprint density at radius 1 is 1.03 bits per heavy atom. The van der Waals surface area contributed by atoms with E-state index in [-0.39, 0.29) is 11.8 Å². The molecular formula is C23H20N6O3. The van der Waals surface area contributed by atoms with Gasteiger partial charge < -0.3 is 9.26 Å². The van der Waals surface area contributed by atoms with Gasteiger partial charge in [0.1, 0.15) is 22.7 Å². The molecule has 0 fully saturated rings. The Balaban J connectivity index is 1.56. The van der Waals surface area contributed by atoms with Crippen LogP contribution in [0.4, 0.5) is 0 Å². The first-order valence-corrected chi connectivity index (χ1v) is 10.1. The highest BCUT2D eigenvalue weighted by Crippen LogP contribution is 2.38. The van der Waals surface area contributed by atoms with E-state index in [4.69, 9.17) is 9.26 Å². The van der Waals surface area contributed by atoms with Crippen molar-refractivity contribution in [1.82, 2.24) is 25.2 Å². The minimum atomic E-state index is -1.11. The Morgan fingerprint density at radius 2 is 1.72 bits per heavy atom. The standard InChI is InChI=1S/C23H20N6O3/c1-15-20(21(27-32-15)19-14-24-29(25-19)18-12-8-5-9-13-18)22-26-28(16(2)30)23(3,31-22)17-10-6-4-7-11-17/h4-14H,1-3H3. The van der Waals surface area contributed by atoms with Gasteiger partial charge in [0.2, 0.25) is 17.5 Å². The molecule has 0 bridgehead atoms. The van der Waals surface area contributed by atoms with Crippen LogP contribution in [-0.4, -0.2) is 37.0 Å². The van der Waals surface area contributed by atoms with Crippen LogP contribution in [0.1, 0.15) is 30.7 Å². The average Bonchev–Trinajstić information content (AvgIpc) is 3.52. The maximum atomic E-state index is 12.4. The second kappa shape index (κ2) is 7.45. The quantitative estimate of drug-likeness (QED) is 0.492. The van der Waals surface area contributed by atoms with Gasteiger partial charge in [0, 0.05) is 19.4 Å². The van der Waals surface area contributed by atoms with Crippen LogP contribution in [0.25, 0.3) is 17.1 Å². The lowest BCUT2D eigenvalue weighted by atomic mass is 10.0. The highest BCUT2D eigenvalue weighted by atomic mass is 16.6. The number of nitrogens with zero attached hydrogens (tertiary/aromatic N) is 6. The molecule has 0 N–H and O–H groups in total. The molecule has 9 heteroatoms. The minimum Gasteiger partial charge on any atom is -0.443 e. The molecule has 160 valence electrons. The monoisotopic (exact) mass is 428 g/mol. The topological polar surface area (TPSA) is 98.6 Å². The fourth-order valence-corrected chi connectivity index (χ4v) is 3.69. The summed E-state index contributed by atoms with van der Waals surface area (Å²) in [6.45, 7) is 5.01. The van der Waals surface area contributed by atoms with Crippen LogP contribution in [0, 0.1) is 6.92 Å². The third kappa shape index (κ3) is 3.15. The molecule has 1 atom stereocenters. The average molecular weight is 428 g/mol. The highest BCUT2D eigenvalue weighted by molar-refractivity contribution is 6.02. The first-order chi connectivity index (χ1) is 15.5. The number of aromatic nitrogens is 4. The van der Waals surface area contributed by atoms with E-state index in [0.717, 1.165) is 11.3 Å². The molecule has 5 rings (SSSR count). The second-order valence-electron chi connectivity index (χ2n) is 7.50. The lowest BCUT2D eigenvalue weighted by molar-refractivity contribution is -0.146. The summed E-state index contributed by atoms with van der Waals surface area (Å²) in [6.07, 6.45) is 1.60. The molecular weight excluding hydrogens is 408 g/mol. The van der Waals surface area contributed by atoms with Crippen molar-refractivity contribution in [2.45, 2.75) is 26.5 Å². The van der Waals surface area contributed by atoms with Crippen molar-refractivity contribution in [3.63, 3.8) is 0 Å². The summed E-state index contributed by atoms with van der Waals surface area (Å²) in [5, 5.41) is 18.9. The second-order valence-corrected chi connectivity index (χ2v) is 7.50. The number of ether oxygens (including phenoxy) is 1. The van der Waals surface area contributed by atoms with E-state index in [1.807, 2.05) is 60.7 Å². The summed E-state index contributed by atoms with van der Waals surface area (Å²) < 4.78 is 11.7. The van der Waals surface area contributed by atoms with E-state index in [0.29, 0.717) is 22.7 Å². The molecule has 0 radical (unpaired) electrons. The Kier molecular flexibility index (Phi) is 4.58. The first kappa shape index (κ1) is 19.7. The number of carbonyl (C=O) groups excluding carboxylic acids is 1. The number of para-hydroxylation sites is 1. The van der Waals surface area contributed by atoms with Crippen LogP contribution in [0.2, 0.25) is 0 Å². The van der Waals surface area contributed by atoms with Gasteiger partial charge in [0.05, 0.1) is 11.9 Å². The van der Waals surface area contributed by atoms with Crippen LogP contribution >= 0.6 is 0 Å². The molecule has 9 nitrogen and oxygen atoms in total. The Hall–Kier alpha value is -4.27.